The highest BCUT2D eigenvalue weighted by Gasteiger charge is 2.43. The van der Waals surface area contributed by atoms with E-state index in [0.29, 0.717) is 35.2 Å². The van der Waals surface area contributed by atoms with Crippen LogP contribution >= 0.6 is 0 Å². The molecule has 5 aromatic heterocycles. The summed E-state index contributed by atoms with van der Waals surface area (Å²) < 4.78 is 20.0. The highest BCUT2D eigenvalue weighted by molar-refractivity contribution is 5.61. The second-order valence-corrected chi connectivity index (χ2v) is 19.3. The van der Waals surface area contributed by atoms with E-state index in [0.717, 1.165) is 56.3 Å². The minimum atomic E-state index is -0.710. The van der Waals surface area contributed by atoms with Gasteiger partial charge in [0.2, 0.25) is 23.5 Å². The minimum absolute atomic E-state index is 0.0443. The molecule has 7 aromatic rings. The van der Waals surface area contributed by atoms with Gasteiger partial charge in [0, 0.05) is 72.2 Å². The summed E-state index contributed by atoms with van der Waals surface area (Å²) in [7, 11) is 1.83. The summed E-state index contributed by atoms with van der Waals surface area (Å²) in [5.41, 5.74) is 20.7. The first-order chi connectivity index (χ1) is 30.9. The van der Waals surface area contributed by atoms with E-state index < -0.39 is 22.8 Å². The third kappa shape index (κ3) is 7.28. The number of hydrogen-bond acceptors (Lipinski definition) is 11. The van der Waals surface area contributed by atoms with Crippen LogP contribution < -0.4 is 20.9 Å². The Balaban J connectivity index is 1.11. The number of benzene rings is 2. The molecule has 0 radical (unpaired) electrons. The van der Waals surface area contributed by atoms with Crippen molar-refractivity contribution < 1.29 is 9.47 Å². The number of aromatic nitrogens is 9. The third-order valence-electron chi connectivity index (χ3n) is 12.1. The summed E-state index contributed by atoms with van der Waals surface area (Å²) in [6.07, 6.45) is 11.4. The van der Waals surface area contributed by atoms with Crippen molar-refractivity contribution in [1.29, 1.82) is 10.5 Å². The van der Waals surface area contributed by atoms with Gasteiger partial charge in [-0.05, 0) is 61.4 Å². The van der Waals surface area contributed by atoms with Crippen LogP contribution in [-0.4, -0.2) is 43.6 Å². The summed E-state index contributed by atoms with van der Waals surface area (Å²) in [6, 6.07) is 24.7. The smallest absolute Gasteiger partial charge is 0.224 e. The summed E-state index contributed by atoms with van der Waals surface area (Å²) in [5.74, 6) is 0.842. The fourth-order valence-corrected chi connectivity index (χ4v) is 9.00. The molecule has 2 atom stereocenters. The molecule has 15 nitrogen and oxygen atoms in total. The summed E-state index contributed by atoms with van der Waals surface area (Å²) in [4.78, 5) is 13.9. The number of nitrogens with zero attached hydrogens (tertiary/aromatic N) is 11. The zero-order valence-corrected chi connectivity index (χ0v) is 38.0. The summed E-state index contributed by atoms with van der Waals surface area (Å²) >= 11 is 0. The number of ether oxygens (including phenoxy) is 2. The van der Waals surface area contributed by atoms with Crippen molar-refractivity contribution in [3.63, 3.8) is 0 Å². The Bertz CT molecular complexity index is 3100. The van der Waals surface area contributed by atoms with Gasteiger partial charge in [0.15, 0.2) is 0 Å². The monoisotopic (exact) mass is 865 g/mol. The SMILES string of the molecule is Cn1nc(C(C)(C)C)c2c1OC(N)=C(C#N)C2c1ccc(-n2cc(CC(C)(C)n3nc(C(C)(C)C)c4c3OC(N)=C(C#N)C4c3ccc(-n4ccnc4)cc3)nc2-c2cccnc2)cc1. The molecule has 0 fully saturated rings. The van der Waals surface area contributed by atoms with Gasteiger partial charge in [-0.2, -0.15) is 20.7 Å². The molecule has 2 aliphatic rings. The number of nitriles is 2. The topological polar surface area (TPSA) is 202 Å². The van der Waals surface area contributed by atoms with Crippen LogP contribution in [0.2, 0.25) is 0 Å². The molecular weight excluding hydrogens is 815 g/mol. The molecule has 2 unspecified atom stereocenters. The third-order valence-corrected chi connectivity index (χ3v) is 12.1. The lowest BCUT2D eigenvalue weighted by Gasteiger charge is -2.30. The molecule has 0 saturated carbocycles. The zero-order chi connectivity index (χ0) is 46.2. The van der Waals surface area contributed by atoms with Crippen molar-refractivity contribution >= 4 is 0 Å². The molecular formula is C50H51N13O2. The quantitative estimate of drug-likeness (QED) is 0.150. The number of pyridine rings is 1. The average molecular weight is 866 g/mol. The Morgan fingerprint density at radius 1 is 0.708 bits per heavy atom. The molecule has 0 bridgehead atoms. The van der Waals surface area contributed by atoms with Gasteiger partial charge in [-0.15, -0.1) is 0 Å². The van der Waals surface area contributed by atoms with Crippen molar-refractivity contribution in [3.8, 4) is 46.7 Å². The van der Waals surface area contributed by atoms with Crippen LogP contribution in [0.5, 0.6) is 11.8 Å². The maximum absolute atomic E-state index is 10.5. The normalized spacial score (nSPS) is 16.4. The number of allylic oxidation sites excluding steroid dienone is 2. The van der Waals surface area contributed by atoms with E-state index in [1.165, 1.54) is 0 Å². The molecule has 9 rings (SSSR count). The average Bonchev–Trinajstić information content (AvgIpc) is 4.09. The molecule has 2 aliphatic heterocycles. The van der Waals surface area contributed by atoms with Gasteiger partial charge in [-0.25, -0.2) is 19.3 Å². The van der Waals surface area contributed by atoms with Crippen LogP contribution in [0.1, 0.15) is 107 Å². The number of fused-ring (bicyclic) bond motifs is 2. The zero-order valence-electron chi connectivity index (χ0n) is 38.0. The summed E-state index contributed by atoms with van der Waals surface area (Å²) in [6.45, 7) is 16.8. The Morgan fingerprint density at radius 2 is 1.28 bits per heavy atom. The van der Waals surface area contributed by atoms with E-state index in [1.54, 1.807) is 29.6 Å². The second kappa shape index (κ2) is 15.4. The molecule has 0 saturated heterocycles. The molecule has 328 valence electrons. The molecule has 2 aromatic carbocycles. The van der Waals surface area contributed by atoms with Crippen LogP contribution in [0.3, 0.4) is 0 Å². The number of imidazole rings is 2. The Morgan fingerprint density at radius 3 is 1.82 bits per heavy atom. The molecule has 65 heavy (non-hydrogen) atoms. The highest BCUT2D eigenvalue weighted by Crippen LogP contribution is 2.49. The molecule has 0 amide bonds. The largest absolute Gasteiger partial charge is 0.422 e. The first kappa shape index (κ1) is 42.4. The lowest BCUT2D eigenvalue weighted by Crippen LogP contribution is -2.32. The van der Waals surface area contributed by atoms with Crippen LogP contribution in [-0.2, 0) is 29.8 Å². The van der Waals surface area contributed by atoms with Gasteiger partial charge in [-0.3, -0.25) is 9.55 Å². The highest BCUT2D eigenvalue weighted by atomic mass is 16.5. The molecule has 7 heterocycles. The van der Waals surface area contributed by atoms with Crippen molar-refractivity contribution in [2.24, 2.45) is 18.5 Å². The fourth-order valence-electron chi connectivity index (χ4n) is 9.00. The van der Waals surface area contributed by atoms with E-state index >= 15 is 0 Å². The van der Waals surface area contributed by atoms with Gasteiger partial charge in [-0.1, -0.05) is 65.8 Å². The number of hydrogen-bond donors (Lipinski definition) is 2. The maximum Gasteiger partial charge on any atom is 0.224 e. The second-order valence-electron chi connectivity index (χ2n) is 19.3. The van der Waals surface area contributed by atoms with Gasteiger partial charge in [0.05, 0.1) is 51.9 Å². The van der Waals surface area contributed by atoms with Crippen molar-refractivity contribution in [3.05, 3.63) is 160 Å². The maximum atomic E-state index is 10.5. The molecule has 0 aliphatic carbocycles. The van der Waals surface area contributed by atoms with Gasteiger partial charge in [0.1, 0.15) is 29.1 Å². The van der Waals surface area contributed by atoms with Crippen LogP contribution in [0.25, 0.3) is 22.8 Å². The minimum Gasteiger partial charge on any atom is -0.422 e. The Hall–Kier alpha value is -7.91. The van der Waals surface area contributed by atoms with Gasteiger partial charge < -0.3 is 25.5 Å². The van der Waals surface area contributed by atoms with Crippen molar-refractivity contribution in [1.82, 2.24) is 43.6 Å². The number of aryl methyl sites for hydroxylation is 1. The van der Waals surface area contributed by atoms with Crippen LogP contribution in [0.15, 0.2) is 121 Å². The predicted molar refractivity (Wildman–Crippen MR) is 245 cm³/mol. The van der Waals surface area contributed by atoms with E-state index in [9.17, 15) is 10.5 Å². The molecule has 0 spiro atoms. The van der Waals surface area contributed by atoms with Gasteiger partial charge >= 0.3 is 0 Å². The van der Waals surface area contributed by atoms with Gasteiger partial charge in [0.25, 0.3) is 0 Å². The fraction of sp³-hybridized carbons (Fsp3) is 0.300. The van der Waals surface area contributed by atoms with E-state index in [-0.39, 0.29) is 17.2 Å². The lowest BCUT2D eigenvalue weighted by molar-refractivity contribution is 0.255. The Kier molecular flexibility index (Phi) is 10.1. The first-order valence-corrected chi connectivity index (χ1v) is 21.4. The number of nitrogens with two attached hydrogens (primary N) is 2. The first-order valence-electron chi connectivity index (χ1n) is 21.4. The Labute approximate surface area is 377 Å². The van der Waals surface area contributed by atoms with E-state index in [1.807, 2.05) is 89.4 Å². The standard InChI is InChI=1S/C50H51N13O2/c1-48(2,3)41-39-37(35(24-51)43(53)64-46(39)60(9)58-41)30-14-18-34(19-15-30)62-27-32(57-45(62)31-11-10-20-55-26-31)23-50(7,8)63-47-40(42(59-63)49(4,5)6)38(36(25-52)44(54)65-47)29-12-16-33(17-13-29)61-22-21-56-28-61/h10-22,26-28,37-38H,23,53-54H2,1-9H3. The van der Waals surface area contributed by atoms with Crippen LogP contribution in [0.4, 0.5) is 0 Å². The lowest BCUT2D eigenvalue weighted by atomic mass is 9.78. The van der Waals surface area contributed by atoms with Crippen LogP contribution in [0, 0.1) is 22.7 Å². The molecule has 4 N–H and O–H groups in total. The van der Waals surface area contributed by atoms with Crippen molar-refractivity contribution in [2.75, 3.05) is 0 Å². The molecule has 15 heteroatoms. The van der Waals surface area contributed by atoms with Crippen molar-refractivity contribution in [2.45, 2.75) is 90.0 Å². The summed E-state index contributed by atoms with van der Waals surface area (Å²) in [5, 5.41) is 31.1. The van der Waals surface area contributed by atoms with E-state index in [2.05, 4.69) is 82.1 Å². The van der Waals surface area contributed by atoms with E-state index in [4.69, 9.17) is 36.1 Å². The predicted octanol–water partition coefficient (Wildman–Crippen LogP) is 8.06. The number of rotatable bonds is 8.